The van der Waals surface area contributed by atoms with E-state index in [1.165, 1.54) is 11.3 Å². The second-order valence-corrected chi connectivity index (χ2v) is 8.31. The second kappa shape index (κ2) is 7.52. The molecule has 0 bridgehead atoms. The summed E-state index contributed by atoms with van der Waals surface area (Å²) in [5.41, 5.74) is 0.910. The van der Waals surface area contributed by atoms with Gasteiger partial charge < -0.3 is 10.6 Å². The molecule has 2 fully saturated rings. The third kappa shape index (κ3) is 3.62. The predicted octanol–water partition coefficient (Wildman–Crippen LogP) is 3.66. The van der Waals surface area contributed by atoms with Gasteiger partial charge in [-0.2, -0.15) is 0 Å². The molecule has 2 N–H and O–H groups in total. The summed E-state index contributed by atoms with van der Waals surface area (Å²) in [6, 6.07) is 6.88. The molecule has 2 aromatic rings. The van der Waals surface area contributed by atoms with Gasteiger partial charge in [0.15, 0.2) is 5.13 Å². The first-order valence-corrected chi connectivity index (χ1v) is 10.4. The number of thiazole rings is 1. The first-order valence-electron chi connectivity index (χ1n) is 9.12. The van der Waals surface area contributed by atoms with Crippen LogP contribution in [-0.2, 0) is 9.59 Å². The number of carbonyl (C=O) groups excluding carboxylic acids is 3. The molecule has 1 aliphatic heterocycles. The minimum atomic E-state index is -0.740. The minimum absolute atomic E-state index is 0.0328. The molecule has 1 aromatic heterocycles. The Kier molecular flexibility index (Phi) is 5.07. The van der Waals surface area contributed by atoms with Gasteiger partial charge in [-0.3, -0.25) is 14.5 Å². The van der Waals surface area contributed by atoms with E-state index in [0.717, 1.165) is 29.0 Å². The van der Waals surface area contributed by atoms with Crippen molar-refractivity contribution in [3.05, 3.63) is 34.7 Å². The molecule has 2 heterocycles. The zero-order valence-corrected chi connectivity index (χ0v) is 16.6. The first-order chi connectivity index (χ1) is 13.5. The van der Waals surface area contributed by atoms with Gasteiger partial charge in [0.1, 0.15) is 5.54 Å². The Morgan fingerprint density at radius 3 is 2.68 bits per heavy atom. The number of halogens is 1. The van der Waals surface area contributed by atoms with Crippen molar-refractivity contribution in [3.8, 4) is 11.3 Å². The number of urea groups is 1. The summed E-state index contributed by atoms with van der Waals surface area (Å²) in [6.45, 7) is 0.0632. The van der Waals surface area contributed by atoms with Crippen molar-refractivity contribution in [2.45, 2.75) is 37.6 Å². The Labute approximate surface area is 171 Å². The van der Waals surface area contributed by atoms with E-state index in [0.29, 0.717) is 23.0 Å². The number of carbonyl (C=O) groups is 3. The monoisotopic (exact) mass is 418 g/mol. The molecule has 1 saturated carbocycles. The Hall–Kier alpha value is -2.45. The molecule has 0 unspecified atom stereocenters. The molecule has 9 heteroatoms. The summed E-state index contributed by atoms with van der Waals surface area (Å²) in [7, 11) is 0. The highest BCUT2D eigenvalue weighted by atomic mass is 35.5. The highest BCUT2D eigenvalue weighted by molar-refractivity contribution is 7.14. The van der Waals surface area contributed by atoms with Crippen LogP contribution in [0.2, 0.25) is 5.02 Å². The molecule has 1 aliphatic carbocycles. The van der Waals surface area contributed by atoms with E-state index in [4.69, 9.17) is 11.6 Å². The molecular formula is C19H19ClN4O3S. The number of rotatable bonds is 5. The number of amides is 4. The predicted molar refractivity (Wildman–Crippen MR) is 107 cm³/mol. The van der Waals surface area contributed by atoms with Crippen molar-refractivity contribution in [2.75, 3.05) is 11.9 Å². The van der Waals surface area contributed by atoms with Crippen molar-refractivity contribution in [3.63, 3.8) is 0 Å². The van der Waals surface area contributed by atoms with Crippen LogP contribution < -0.4 is 10.6 Å². The summed E-state index contributed by atoms with van der Waals surface area (Å²) >= 11 is 7.21. The maximum Gasteiger partial charge on any atom is 0.325 e. The summed E-state index contributed by atoms with van der Waals surface area (Å²) in [5, 5.41) is 8.51. The number of nitrogens with zero attached hydrogens (tertiary/aromatic N) is 2. The van der Waals surface area contributed by atoms with Crippen LogP contribution in [0.5, 0.6) is 0 Å². The number of nitrogens with one attached hydrogen (secondary N) is 2. The van der Waals surface area contributed by atoms with Gasteiger partial charge in [0.05, 0.1) is 5.69 Å². The van der Waals surface area contributed by atoms with Crippen LogP contribution in [0.3, 0.4) is 0 Å². The SMILES string of the molecule is O=C(CCN1C(=O)NC2(CCCC2)C1=O)Nc1nc(-c2ccc(Cl)cc2)cs1. The Morgan fingerprint density at radius 2 is 1.96 bits per heavy atom. The molecule has 28 heavy (non-hydrogen) atoms. The average Bonchev–Trinajstić information content (AvgIpc) is 3.37. The highest BCUT2D eigenvalue weighted by Gasteiger charge is 2.52. The fourth-order valence-electron chi connectivity index (χ4n) is 3.68. The molecule has 146 valence electrons. The van der Waals surface area contributed by atoms with Crippen molar-refractivity contribution in [1.82, 2.24) is 15.2 Å². The number of hydrogen-bond acceptors (Lipinski definition) is 5. The maximum atomic E-state index is 12.6. The quantitative estimate of drug-likeness (QED) is 0.725. The molecule has 4 amide bonds. The molecular weight excluding hydrogens is 400 g/mol. The summed E-state index contributed by atoms with van der Waals surface area (Å²) in [5.74, 6) is -0.493. The fraction of sp³-hybridized carbons (Fsp3) is 0.368. The lowest BCUT2D eigenvalue weighted by Crippen LogP contribution is -2.44. The van der Waals surface area contributed by atoms with Gasteiger partial charge in [-0.25, -0.2) is 9.78 Å². The van der Waals surface area contributed by atoms with Crippen LogP contribution in [-0.4, -0.2) is 39.8 Å². The van der Waals surface area contributed by atoms with Crippen LogP contribution in [0.15, 0.2) is 29.6 Å². The van der Waals surface area contributed by atoms with Gasteiger partial charge in [-0.1, -0.05) is 36.6 Å². The van der Waals surface area contributed by atoms with Gasteiger partial charge in [-0.05, 0) is 25.0 Å². The van der Waals surface area contributed by atoms with Gasteiger partial charge in [0.2, 0.25) is 5.91 Å². The van der Waals surface area contributed by atoms with E-state index in [1.807, 2.05) is 17.5 Å². The maximum absolute atomic E-state index is 12.6. The van der Waals surface area contributed by atoms with E-state index < -0.39 is 11.6 Å². The van der Waals surface area contributed by atoms with E-state index in [1.54, 1.807) is 12.1 Å². The van der Waals surface area contributed by atoms with Crippen LogP contribution in [0.4, 0.5) is 9.93 Å². The highest BCUT2D eigenvalue weighted by Crippen LogP contribution is 2.35. The van der Waals surface area contributed by atoms with Crippen LogP contribution in [0.25, 0.3) is 11.3 Å². The van der Waals surface area contributed by atoms with Crippen molar-refractivity contribution >= 4 is 45.9 Å². The third-order valence-electron chi connectivity index (χ3n) is 5.16. The van der Waals surface area contributed by atoms with Crippen molar-refractivity contribution in [2.24, 2.45) is 0 Å². The molecule has 7 nitrogen and oxygen atoms in total. The van der Waals surface area contributed by atoms with E-state index in [2.05, 4.69) is 15.6 Å². The lowest BCUT2D eigenvalue weighted by Gasteiger charge is -2.19. The number of benzene rings is 1. The largest absolute Gasteiger partial charge is 0.325 e. The zero-order chi connectivity index (χ0) is 19.7. The second-order valence-electron chi connectivity index (χ2n) is 7.02. The minimum Gasteiger partial charge on any atom is -0.323 e. The van der Waals surface area contributed by atoms with Crippen LogP contribution in [0.1, 0.15) is 32.1 Å². The Balaban J connectivity index is 1.33. The summed E-state index contributed by atoms with van der Waals surface area (Å²) in [6.07, 6.45) is 3.24. The Bertz CT molecular complexity index is 922. The number of hydrogen-bond donors (Lipinski definition) is 2. The molecule has 1 saturated heterocycles. The number of anilines is 1. The van der Waals surface area contributed by atoms with Crippen LogP contribution in [0, 0.1) is 0 Å². The smallest absolute Gasteiger partial charge is 0.323 e. The van der Waals surface area contributed by atoms with Crippen molar-refractivity contribution < 1.29 is 14.4 Å². The van der Waals surface area contributed by atoms with Gasteiger partial charge in [-0.15, -0.1) is 11.3 Å². The summed E-state index contributed by atoms with van der Waals surface area (Å²) < 4.78 is 0. The van der Waals surface area contributed by atoms with E-state index >= 15 is 0 Å². The number of aromatic nitrogens is 1. The van der Waals surface area contributed by atoms with Gasteiger partial charge in [0, 0.05) is 28.9 Å². The molecule has 1 spiro atoms. The van der Waals surface area contributed by atoms with Crippen LogP contribution >= 0.6 is 22.9 Å². The Morgan fingerprint density at radius 1 is 1.25 bits per heavy atom. The van der Waals surface area contributed by atoms with Crippen molar-refractivity contribution in [1.29, 1.82) is 0 Å². The molecule has 1 aromatic carbocycles. The summed E-state index contributed by atoms with van der Waals surface area (Å²) in [4.78, 5) is 42.5. The fourth-order valence-corrected chi connectivity index (χ4v) is 4.54. The molecule has 0 atom stereocenters. The average molecular weight is 419 g/mol. The third-order valence-corrected chi connectivity index (χ3v) is 6.17. The topological polar surface area (TPSA) is 91.4 Å². The molecule has 4 rings (SSSR count). The van der Waals surface area contributed by atoms with E-state index in [-0.39, 0.29) is 24.8 Å². The zero-order valence-electron chi connectivity index (χ0n) is 15.0. The van der Waals surface area contributed by atoms with Gasteiger partial charge in [0.25, 0.3) is 5.91 Å². The van der Waals surface area contributed by atoms with E-state index in [9.17, 15) is 14.4 Å². The normalized spacial score (nSPS) is 18.0. The van der Waals surface area contributed by atoms with Gasteiger partial charge >= 0.3 is 6.03 Å². The lowest BCUT2D eigenvalue weighted by molar-refractivity contribution is -0.131. The first kappa shape index (κ1) is 18.9. The molecule has 0 radical (unpaired) electrons. The number of imide groups is 1. The lowest BCUT2D eigenvalue weighted by atomic mass is 9.98. The standard InChI is InChI=1S/C19H19ClN4O3S/c20-13-5-3-12(4-6-13)14-11-28-17(21-14)22-15(25)7-10-24-16(26)19(23-18(24)27)8-1-2-9-19/h3-6,11H,1-2,7-10H2,(H,23,27)(H,21,22,25). The molecule has 2 aliphatic rings.